The third-order valence-electron chi connectivity index (χ3n) is 1.76. The fraction of sp³-hybridized carbons (Fsp3) is 0.300. The lowest BCUT2D eigenvalue weighted by molar-refractivity contribution is -0.138. The standard InChI is InChI=1S/C10H10Cl2N2O2/c1-3-16-10(15)6(2)4-7-5-8(11)13-14-9(7)12/h5H,2-4H2,1H3. The number of halogens is 2. The van der Waals surface area contributed by atoms with Crippen molar-refractivity contribution in [3.63, 3.8) is 0 Å². The lowest BCUT2D eigenvalue weighted by Crippen LogP contribution is -2.09. The molecule has 1 aromatic rings. The van der Waals surface area contributed by atoms with Gasteiger partial charge in [-0.15, -0.1) is 10.2 Å². The predicted octanol–water partition coefficient (Wildman–Crippen LogP) is 2.45. The van der Waals surface area contributed by atoms with Crippen LogP contribution in [0.4, 0.5) is 0 Å². The van der Waals surface area contributed by atoms with Gasteiger partial charge in [0.15, 0.2) is 10.3 Å². The van der Waals surface area contributed by atoms with Crippen molar-refractivity contribution in [2.75, 3.05) is 6.61 Å². The Hall–Kier alpha value is -1.13. The molecule has 0 fully saturated rings. The van der Waals surface area contributed by atoms with Crippen molar-refractivity contribution in [2.45, 2.75) is 13.3 Å². The number of hydrogen-bond acceptors (Lipinski definition) is 4. The molecule has 0 saturated heterocycles. The van der Waals surface area contributed by atoms with Crippen LogP contribution in [0.1, 0.15) is 12.5 Å². The molecule has 6 heteroatoms. The molecule has 0 saturated carbocycles. The first kappa shape index (κ1) is 12.9. The Kier molecular flexibility index (Phi) is 4.71. The van der Waals surface area contributed by atoms with E-state index in [0.717, 1.165) is 0 Å². The number of hydrogen-bond donors (Lipinski definition) is 0. The SMILES string of the molecule is C=C(Cc1cc(Cl)nnc1Cl)C(=O)OCC. The molecule has 1 heterocycles. The summed E-state index contributed by atoms with van der Waals surface area (Å²) in [5, 5.41) is 7.61. The van der Waals surface area contributed by atoms with Crippen LogP contribution in [-0.4, -0.2) is 22.8 Å². The van der Waals surface area contributed by atoms with Gasteiger partial charge in [0.1, 0.15) is 0 Å². The van der Waals surface area contributed by atoms with E-state index in [9.17, 15) is 4.79 Å². The summed E-state index contributed by atoms with van der Waals surface area (Å²) in [6.07, 6.45) is 0.243. The second-order valence-corrected chi connectivity index (χ2v) is 3.73. The predicted molar refractivity (Wildman–Crippen MR) is 61.5 cm³/mol. The summed E-state index contributed by atoms with van der Waals surface area (Å²) in [5.41, 5.74) is 0.896. The van der Waals surface area contributed by atoms with Crippen LogP contribution in [0, 0.1) is 0 Å². The second-order valence-electron chi connectivity index (χ2n) is 2.98. The first-order chi connectivity index (χ1) is 7.54. The van der Waals surface area contributed by atoms with Gasteiger partial charge in [-0.25, -0.2) is 4.79 Å². The van der Waals surface area contributed by atoms with Gasteiger partial charge in [0.25, 0.3) is 0 Å². The number of nitrogens with zero attached hydrogens (tertiary/aromatic N) is 2. The van der Waals surface area contributed by atoms with E-state index in [1.165, 1.54) is 0 Å². The molecule has 0 bridgehead atoms. The molecule has 4 nitrogen and oxygen atoms in total. The summed E-state index contributed by atoms with van der Waals surface area (Å²) in [5.74, 6) is -0.452. The molecule has 0 amide bonds. The Bertz CT molecular complexity index is 421. The largest absolute Gasteiger partial charge is 0.463 e. The van der Waals surface area contributed by atoms with Crippen LogP contribution in [0.15, 0.2) is 18.2 Å². The van der Waals surface area contributed by atoms with Gasteiger partial charge < -0.3 is 4.74 Å². The zero-order valence-electron chi connectivity index (χ0n) is 8.67. The number of carbonyl (C=O) groups excluding carboxylic acids is 1. The van der Waals surface area contributed by atoms with E-state index >= 15 is 0 Å². The number of aromatic nitrogens is 2. The van der Waals surface area contributed by atoms with E-state index < -0.39 is 5.97 Å². The summed E-state index contributed by atoms with van der Waals surface area (Å²) in [6, 6.07) is 1.54. The monoisotopic (exact) mass is 260 g/mol. The maximum atomic E-state index is 11.3. The van der Waals surface area contributed by atoms with Crippen molar-refractivity contribution in [3.05, 3.63) is 34.1 Å². The second kappa shape index (κ2) is 5.82. The minimum atomic E-state index is -0.452. The highest BCUT2D eigenvalue weighted by molar-refractivity contribution is 6.31. The maximum Gasteiger partial charge on any atom is 0.333 e. The number of rotatable bonds is 4. The van der Waals surface area contributed by atoms with Gasteiger partial charge in [0, 0.05) is 12.0 Å². The van der Waals surface area contributed by atoms with Crippen molar-refractivity contribution >= 4 is 29.2 Å². The van der Waals surface area contributed by atoms with E-state index in [0.29, 0.717) is 17.7 Å². The molecule has 0 N–H and O–H groups in total. The summed E-state index contributed by atoms with van der Waals surface area (Å²) >= 11 is 11.5. The van der Waals surface area contributed by atoms with E-state index in [1.807, 2.05) is 0 Å². The molecule has 1 rings (SSSR count). The molecular formula is C10H10Cl2N2O2. The highest BCUT2D eigenvalue weighted by atomic mass is 35.5. The summed E-state index contributed by atoms with van der Waals surface area (Å²) in [7, 11) is 0. The number of esters is 1. The summed E-state index contributed by atoms with van der Waals surface area (Å²) < 4.78 is 4.80. The van der Waals surface area contributed by atoms with E-state index in [-0.39, 0.29) is 16.7 Å². The normalized spacial score (nSPS) is 9.94. The van der Waals surface area contributed by atoms with Gasteiger partial charge >= 0.3 is 5.97 Å². The van der Waals surface area contributed by atoms with Gasteiger partial charge in [0.2, 0.25) is 0 Å². The average Bonchev–Trinajstić information content (AvgIpc) is 2.23. The van der Waals surface area contributed by atoms with Crippen molar-refractivity contribution in [2.24, 2.45) is 0 Å². The minimum absolute atomic E-state index is 0.204. The van der Waals surface area contributed by atoms with Crippen molar-refractivity contribution < 1.29 is 9.53 Å². The van der Waals surface area contributed by atoms with Gasteiger partial charge in [0.05, 0.1) is 6.61 Å². The Morgan fingerprint density at radius 3 is 2.81 bits per heavy atom. The van der Waals surface area contributed by atoms with E-state index in [2.05, 4.69) is 16.8 Å². The highest BCUT2D eigenvalue weighted by Crippen LogP contribution is 2.18. The van der Waals surface area contributed by atoms with Crippen LogP contribution in [-0.2, 0) is 16.0 Å². The summed E-state index contributed by atoms with van der Waals surface area (Å²) in [6.45, 7) is 5.65. The third-order valence-corrected chi connectivity index (χ3v) is 2.26. The molecule has 0 spiro atoms. The van der Waals surface area contributed by atoms with E-state index in [4.69, 9.17) is 27.9 Å². The topological polar surface area (TPSA) is 52.1 Å². The zero-order chi connectivity index (χ0) is 12.1. The lowest BCUT2D eigenvalue weighted by Gasteiger charge is -2.06. The average molecular weight is 261 g/mol. The molecule has 0 unspecified atom stereocenters. The van der Waals surface area contributed by atoms with Crippen LogP contribution < -0.4 is 0 Å². The Morgan fingerprint density at radius 2 is 2.19 bits per heavy atom. The van der Waals surface area contributed by atoms with Gasteiger partial charge in [-0.2, -0.15) is 0 Å². The Balaban J connectivity index is 2.76. The van der Waals surface area contributed by atoms with E-state index in [1.54, 1.807) is 13.0 Å². The fourth-order valence-corrected chi connectivity index (χ4v) is 1.38. The first-order valence-electron chi connectivity index (χ1n) is 4.57. The molecule has 0 aromatic carbocycles. The molecule has 1 aromatic heterocycles. The molecule has 16 heavy (non-hydrogen) atoms. The fourth-order valence-electron chi connectivity index (χ4n) is 1.05. The van der Waals surface area contributed by atoms with Crippen LogP contribution in [0.5, 0.6) is 0 Å². The molecular weight excluding hydrogens is 251 g/mol. The molecule has 0 radical (unpaired) electrons. The van der Waals surface area contributed by atoms with Gasteiger partial charge in [-0.3, -0.25) is 0 Å². The van der Waals surface area contributed by atoms with Crippen molar-refractivity contribution in [1.82, 2.24) is 10.2 Å². The summed E-state index contributed by atoms with van der Waals surface area (Å²) in [4.78, 5) is 11.3. The first-order valence-corrected chi connectivity index (χ1v) is 5.32. The van der Waals surface area contributed by atoms with Crippen LogP contribution in [0.3, 0.4) is 0 Å². The molecule has 0 aliphatic rings. The molecule has 0 atom stereocenters. The molecule has 86 valence electrons. The van der Waals surface area contributed by atoms with Crippen molar-refractivity contribution in [1.29, 1.82) is 0 Å². The van der Waals surface area contributed by atoms with Gasteiger partial charge in [-0.05, 0) is 18.6 Å². The number of ether oxygens (including phenoxy) is 1. The quantitative estimate of drug-likeness (QED) is 0.617. The molecule has 0 aliphatic heterocycles. The maximum absolute atomic E-state index is 11.3. The minimum Gasteiger partial charge on any atom is -0.463 e. The van der Waals surface area contributed by atoms with Crippen LogP contribution in [0.25, 0.3) is 0 Å². The molecule has 0 aliphatic carbocycles. The Morgan fingerprint density at radius 1 is 1.50 bits per heavy atom. The van der Waals surface area contributed by atoms with Crippen LogP contribution in [0.2, 0.25) is 10.3 Å². The zero-order valence-corrected chi connectivity index (χ0v) is 10.2. The Labute approximate surface area is 103 Å². The van der Waals surface area contributed by atoms with Crippen molar-refractivity contribution in [3.8, 4) is 0 Å². The smallest absolute Gasteiger partial charge is 0.333 e. The third kappa shape index (κ3) is 3.47. The van der Waals surface area contributed by atoms with Crippen LogP contribution >= 0.6 is 23.2 Å². The number of carbonyl (C=O) groups is 1. The highest BCUT2D eigenvalue weighted by Gasteiger charge is 2.12. The lowest BCUT2D eigenvalue weighted by atomic mass is 10.1. The van der Waals surface area contributed by atoms with Gasteiger partial charge in [-0.1, -0.05) is 29.8 Å².